The Labute approximate surface area is 107 Å². The van der Waals surface area contributed by atoms with Crippen LogP contribution in [0.1, 0.15) is 35.7 Å². The fraction of sp³-hybridized carbons (Fsp3) is 0.727. The van der Waals surface area contributed by atoms with Crippen LogP contribution < -0.4 is 5.73 Å². The highest BCUT2D eigenvalue weighted by Gasteiger charge is 2.37. The van der Waals surface area contributed by atoms with Gasteiger partial charge in [0.25, 0.3) is 0 Å². The predicted octanol–water partition coefficient (Wildman–Crippen LogP) is 2.98. The van der Waals surface area contributed by atoms with E-state index in [0.717, 1.165) is 12.8 Å². The molecule has 1 aromatic rings. The number of rotatable bonds is 3. The van der Waals surface area contributed by atoms with Crippen LogP contribution in [0.4, 0.5) is 13.2 Å². The summed E-state index contributed by atoms with van der Waals surface area (Å²) in [6, 6.07) is -0.425. The summed E-state index contributed by atoms with van der Waals surface area (Å²) >= 11 is 0.631. The van der Waals surface area contributed by atoms with Gasteiger partial charge in [0.05, 0.1) is 6.10 Å². The Kier molecular flexibility index (Phi) is 3.93. The summed E-state index contributed by atoms with van der Waals surface area (Å²) in [5.74, 6) is 0.0801. The zero-order chi connectivity index (χ0) is 13.3. The number of alkyl halides is 3. The highest BCUT2D eigenvalue weighted by atomic mass is 32.1. The third kappa shape index (κ3) is 2.67. The lowest BCUT2D eigenvalue weighted by Crippen LogP contribution is -2.27. The van der Waals surface area contributed by atoms with Gasteiger partial charge >= 0.3 is 6.18 Å². The van der Waals surface area contributed by atoms with Gasteiger partial charge in [0, 0.05) is 29.6 Å². The number of nitrogens with two attached hydrogens (primary N) is 1. The van der Waals surface area contributed by atoms with Gasteiger partial charge in [0.2, 0.25) is 0 Å². The molecule has 3 nitrogen and oxygen atoms in total. The summed E-state index contributed by atoms with van der Waals surface area (Å²) in [6.07, 6.45) is -1.50. The van der Waals surface area contributed by atoms with Crippen molar-refractivity contribution < 1.29 is 17.9 Å². The van der Waals surface area contributed by atoms with Gasteiger partial charge in [0.15, 0.2) is 5.01 Å². The van der Waals surface area contributed by atoms with Crippen LogP contribution in [0.2, 0.25) is 0 Å². The number of aromatic nitrogens is 1. The van der Waals surface area contributed by atoms with Gasteiger partial charge in [-0.25, -0.2) is 4.98 Å². The van der Waals surface area contributed by atoms with Gasteiger partial charge in [-0.3, -0.25) is 0 Å². The lowest BCUT2D eigenvalue weighted by Gasteiger charge is -2.22. The fourth-order valence-electron chi connectivity index (χ4n) is 2.28. The second-order valence-electron chi connectivity index (χ2n) is 4.36. The molecule has 2 rings (SSSR count). The zero-order valence-corrected chi connectivity index (χ0v) is 10.7. The van der Waals surface area contributed by atoms with Crippen molar-refractivity contribution in [1.82, 2.24) is 4.98 Å². The van der Waals surface area contributed by atoms with E-state index < -0.39 is 17.2 Å². The van der Waals surface area contributed by atoms with Crippen molar-refractivity contribution in [3.05, 3.63) is 16.1 Å². The molecular formula is C11H15F3N2OS. The highest BCUT2D eigenvalue weighted by molar-refractivity contribution is 7.11. The standard InChI is InChI=1S/C11H15F3N2OS/c1-2-7-6(3-4-17-7)9(15)8-5-16-10(18-8)11(12,13)14/h5-7,9H,2-4,15H2,1H3. The number of hydrogen-bond donors (Lipinski definition) is 1. The molecule has 3 unspecified atom stereocenters. The third-order valence-corrected chi connectivity index (χ3v) is 4.36. The molecule has 0 aromatic carbocycles. The summed E-state index contributed by atoms with van der Waals surface area (Å²) < 4.78 is 42.9. The maximum absolute atomic E-state index is 12.5. The van der Waals surface area contributed by atoms with Crippen LogP contribution in [0.3, 0.4) is 0 Å². The first-order chi connectivity index (χ1) is 8.43. The fourth-order valence-corrected chi connectivity index (χ4v) is 3.14. The molecular weight excluding hydrogens is 265 g/mol. The van der Waals surface area contributed by atoms with Crippen molar-refractivity contribution in [3.8, 4) is 0 Å². The average Bonchev–Trinajstić information content (AvgIpc) is 2.96. The summed E-state index contributed by atoms with van der Waals surface area (Å²) in [5, 5.41) is -0.833. The number of halogens is 3. The Balaban J connectivity index is 2.14. The zero-order valence-electron chi connectivity index (χ0n) is 9.91. The molecule has 2 heterocycles. The minimum atomic E-state index is -4.39. The topological polar surface area (TPSA) is 48.1 Å². The lowest BCUT2D eigenvalue weighted by atomic mass is 9.91. The molecule has 0 saturated carbocycles. The number of thiazole rings is 1. The second kappa shape index (κ2) is 5.14. The molecule has 7 heteroatoms. The van der Waals surface area contributed by atoms with Gasteiger partial charge in [-0.15, -0.1) is 11.3 Å². The molecule has 0 aliphatic carbocycles. The smallest absolute Gasteiger partial charge is 0.378 e. The monoisotopic (exact) mass is 280 g/mol. The minimum absolute atomic E-state index is 0.0384. The Morgan fingerprint density at radius 2 is 2.33 bits per heavy atom. The van der Waals surface area contributed by atoms with E-state index in [-0.39, 0.29) is 12.0 Å². The maximum atomic E-state index is 12.5. The van der Waals surface area contributed by atoms with Gasteiger partial charge in [0.1, 0.15) is 0 Å². The second-order valence-corrected chi connectivity index (χ2v) is 5.42. The molecule has 1 saturated heterocycles. The molecule has 102 valence electrons. The Morgan fingerprint density at radius 1 is 1.61 bits per heavy atom. The lowest BCUT2D eigenvalue weighted by molar-refractivity contribution is -0.137. The molecule has 18 heavy (non-hydrogen) atoms. The normalized spacial score (nSPS) is 26.5. The van der Waals surface area contributed by atoms with E-state index >= 15 is 0 Å². The van der Waals surface area contributed by atoms with Crippen LogP contribution >= 0.6 is 11.3 Å². The summed E-state index contributed by atoms with van der Waals surface area (Å²) in [7, 11) is 0. The van der Waals surface area contributed by atoms with Crippen molar-refractivity contribution in [2.24, 2.45) is 11.7 Å². The van der Waals surface area contributed by atoms with Crippen LogP contribution in [-0.2, 0) is 10.9 Å². The van der Waals surface area contributed by atoms with Crippen molar-refractivity contribution in [2.75, 3.05) is 6.61 Å². The predicted molar refractivity (Wildman–Crippen MR) is 62.2 cm³/mol. The Bertz CT molecular complexity index is 407. The number of ether oxygens (including phenoxy) is 1. The highest BCUT2D eigenvalue weighted by Crippen LogP contribution is 2.38. The van der Waals surface area contributed by atoms with Gasteiger partial charge < -0.3 is 10.5 Å². The van der Waals surface area contributed by atoms with E-state index in [1.807, 2.05) is 6.92 Å². The van der Waals surface area contributed by atoms with Crippen molar-refractivity contribution in [3.63, 3.8) is 0 Å². The van der Waals surface area contributed by atoms with Crippen molar-refractivity contribution in [1.29, 1.82) is 0 Å². The third-order valence-electron chi connectivity index (χ3n) is 3.22. The summed E-state index contributed by atoms with van der Waals surface area (Å²) in [5.41, 5.74) is 6.05. The molecule has 1 fully saturated rings. The van der Waals surface area contributed by atoms with Gasteiger partial charge in [-0.1, -0.05) is 6.92 Å². The molecule has 3 atom stereocenters. The first-order valence-corrected chi connectivity index (χ1v) is 6.65. The van der Waals surface area contributed by atoms with Crippen LogP contribution in [0.15, 0.2) is 6.20 Å². The first-order valence-electron chi connectivity index (χ1n) is 5.83. The molecule has 1 aliphatic heterocycles. The molecule has 1 aromatic heterocycles. The first kappa shape index (κ1) is 13.8. The Morgan fingerprint density at radius 3 is 2.89 bits per heavy atom. The number of nitrogens with zero attached hydrogens (tertiary/aromatic N) is 1. The van der Waals surface area contributed by atoms with E-state index in [1.165, 1.54) is 6.20 Å². The average molecular weight is 280 g/mol. The van der Waals surface area contributed by atoms with E-state index in [1.54, 1.807) is 0 Å². The quantitative estimate of drug-likeness (QED) is 0.926. The summed E-state index contributed by atoms with van der Waals surface area (Å²) in [4.78, 5) is 3.89. The molecule has 1 aliphatic rings. The van der Waals surface area contributed by atoms with Crippen LogP contribution in [0.25, 0.3) is 0 Å². The van der Waals surface area contributed by atoms with Crippen LogP contribution in [0.5, 0.6) is 0 Å². The molecule has 0 radical (unpaired) electrons. The molecule has 0 spiro atoms. The number of hydrogen-bond acceptors (Lipinski definition) is 4. The van der Waals surface area contributed by atoms with E-state index in [4.69, 9.17) is 10.5 Å². The maximum Gasteiger partial charge on any atom is 0.443 e. The van der Waals surface area contributed by atoms with Gasteiger partial charge in [-0.2, -0.15) is 13.2 Å². The van der Waals surface area contributed by atoms with Crippen LogP contribution in [0, 0.1) is 5.92 Å². The molecule has 0 bridgehead atoms. The van der Waals surface area contributed by atoms with Gasteiger partial charge in [-0.05, 0) is 12.8 Å². The van der Waals surface area contributed by atoms with Crippen molar-refractivity contribution >= 4 is 11.3 Å². The van der Waals surface area contributed by atoms with E-state index in [0.29, 0.717) is 22.8 Å². The summed E-state index contributed by atoms with van der Waals surface area (Å²) in [6.45, 7) is 2.62. The van der Waals surface area contributed by atoms with E-state index in [9.17, 15) is 13.2 Å². The minimum Gasteiger partial charge on any atom is -0.378 e. The van der Waals surface area contributed by atoms with Crippen LogP contribution in [-0.4, -0.2) is 17.7 Å². The molecule has 2 N–H and O–H groups in total. The SMILES string of the molecule is CCC1OCCC1C(N)c1cnc(C(F)(F)F)s1. The van der Waals surface area contributed by atoms with Crippen molar-refractivity contribution in [2.45, 2.75) is 38.1 Å². The molecule has 0 amide bonds. The largest absolute Gasteiger partial charge is 0.443 e. The van der Waals surface area contributed by atoms with E-state index in [2.05, 4.69) is 4.98 Å². The Hall–Kier alpha value is -0.660.